The summed E-state index contributed by atoms with van der Waals surface area (Å²) in [5.74, 6) is 0. The lowest BCUT2D eigenvalue weighted by Crippen LogP contribution is -2.16. The van der Waals surface area contributed by atoms with Crippen LogP contribution in [0.1, 0.15) is 6.42 Å². The summed E-state index contributed by atoms with van der Waals surface area (Å²) >= 11 is 0. The minimum atomic E-state index is -1.14. The molecule has 0 aromatic rings. The van der Waals surface area contributed by atoms with Crippen LogP contribution < -0.4 is 5.43 Å². The van der Waals surface area contributed by atoms with Gasteiger partial charge in [-0.2, -0.15) is 5.10 Å². The number of rotatable bonds is 1. The van der Waals surface area contributed by atoms with E-state index in [1.54, 1.807) is 0 Å². The van der Waals surface area contributed by atoms with Gasteiger partial charge in [-0.05, 0) is 0 Å². The third-order valence-corrected chi connectivity index (χ3v) is 1.11. The summed E-state index contributed by atoms with van der Waals surface area (Å²) < 4.78 is 4.93. The van der Waals surface area contributed by atoms with E-state index in [0.717, 1.165) is 12.1 Å². The van der Waals surface area contributed by atoms with Gasteiger partial charge in [-0.1, -0.05) is 0 Å². The predicted molar refractivity (Wildman–Crippen MR) is 34.0 cm³/mol. The molecule has 0 aromatic heterocycles. The Bertz CT molecular complexity index is 158. The van der Waals surface area contributed by atoms with Crippen LogP contribution in [0.15, 0.2) is 5.10 Å². The van der Waals surface area contributed by atoms with E-state index in [-0.39, 0.29) is 0 Å². The molecule has 0 atom stereocenters. The number of carboxylic acid groups (broad SMARTS) is 1. The first-order valence-corrected chi connectivity index (χ1v) is 2.91. The van der Waals surface area contributed by atoms with Crippen molar-refractivity contribution in [3.05, 3.63) is 0 Å². The van der Waals surface area contributed by atoms with Gasteiger partial charge in [0.2, 0.25) is 0 Å². The first-order valence-electron chi connectivity index (χ1n) is 2.91. The molecular weight excluding hydrogens is 136 g/mol. The lowest BCUT2D eigenvalue weighted by atomic mass is 10.3. The van der Waals surface area contributed by atoms with Crippen molar-refractivity contribution >= 4 is 11.8 Å². The molecule has 1 fully saturated rings. The maximum Gasteiger partial charge on any atom is 0.425 e. The standard InChI is InChI=1S/C5H8N2O3/c8-5(9)7-6-4-1-2-10-3-4/h7H,1-3H2,(H,8,9)/b6-4+. The molecule has 0 unspecified atom stereocenters. The Kier molecular flexibility index (Phi) is 2.22. The monoisotopic (exact) mass is 144 g/mol. The molecule has 0 bridgehead atoms. The number of amides is 1. The van der Waals surface area contributed by atoms with Crippen LogP contribution in [0, 0.1) is 0 Å². The molecule has 56 valence electrons. The Morgan fingerprint density at radius 1 is 1.80 bits per heavy atom. The van der Waals surface area contributed by atoms with Gasteiger partial charge in [0, 0.05) is 6.42 Å². The maximum atomic E-state index is 9.90. The molecule has 1 aliphatic heterocycles. The quantitative estimate of drug-likeness (QED) is 0.510. The average molecular weight is 144 g/mol. The lowest BCUT2D eigenvalue weighted by molar-refractivity contribution is 0.194. The van der Waals surface area contributed by atoms with Crippen molar-refractivity contribution in [2.75, 3.05) is 13.2 Å². The molecule has 1 rings (SSSR count). The van der Waals surface area contributed by atoms with Crippen molar-refractivity contribution in [3.8, 4) is 0 Å². The highest BCUT2D eigenvalue weighted by molar-refractivity contribution is 5.87. The second-order valence-corrected chi connectivity index (χ2v) is 1.90. The molecule has 2 N–H and O–H groups in total. The van der Waals surface area contributed by atoms with E-state index in [9.17, 15) is 4.79 Å². The van der Waals surface area contributed by atoms with Gasteiger partial charge < -0.3 is 9.84 Å². The summed E-state index contributed by atoms with van der Waals surface area (Å²) in [4.78, 5) is 9.90. The van der Waals surface area contributed by atoms with Gasteiger partial charge >= 0.3 is 6.09 Å². The minimum absolute atomic E-state index is 0.445. The van der Waals surface area contributed by atoms with Crippen LogP contribution in [0.25, 0.3) is 0 Å². The van der Waals surface area contributed by atoms with Crippen LogP contribution in [0.2, 0.25) is 0 Å². The van der Waals surface area contributed by atoms with Crippen molar-refractivity contribution in [2.45, 2.75) is 6.42 Å². The third kappa shape index (κ3) is 2.02. The highest BCUT2D eigenvalue weighted by Crippen LogP contribution is 1.97. The summed E-state index contributed by atoms with van der Waals surface area (Å²) in [6.07, 6.45) is -0.417. The number of ether oxygens (including phenoxy) is 1. The third-order valence-electron chi connectivity index (χ3n) is 1.11. The molecular formula is C5H8N2O3. The van der Waals surface area contributed by atoms with E-state index in [1.165, 1.54) is 0 Å². The summed E-state index contributed by atoms with van der Waals surface area (Å²) in [5, 5.41) is 11.7. The fraction of sp³-hybridized carbons (Fsp3) is 0.600. The van der Waals surface area contributed by atoms with Crippen LogP contribution >= 0.6 is 0 Å². The second-order valence-electron chi connectivity index (χ2n) is 1.90. The van der Waals surface area contributed by atoms with Crippen LogP contribution in [-0.4, -0.2) is 30.1 Å². The van der Waals surface area contributed by atoms with Crippen molar-refractivity contribution in [2.24, 2.45) is 5.10 Å². The van der Waals surface area contributed by atoms with Crippen LogP contribution in [-0.2, 0) is 4.74 Å². The van der Waals surface area contributed by atoms with Gasteiger partial charge in [0.05, 0.1) is 18.9 Å². The maximum absolute atomic E-state index is 9.90. The normalized spacial score (nSPS) is 21.4. The number of nitrogens with one attached hydrogen (secondary N) is 1. The van der Waals surface area contributed by atoms with Gasteiger partial charge in [-0.3, -0.25) is 0 Å². The summed E-state index contributed by atoms with van der Waals surface area (Å²) in [6.45, 7) is 1.08. The summed E-state index contributed by atoms with van der Waals surface area (Å²) in [5.41, 5.74) is 2.66. The highest BCUT2D eigenvalue weighted by atomic mass is 16.5. The molecule has 0 spiro atoms. The van der Waals surface area contributed by atoms with E-state index in [4.69, 9.17) is 9.84 Å². The zero-order valence-electron chi connectivity index (χ0n) is 5.33. The van der Waals surface area contributed by atoms with Gasteiger partial charge in [0.1, 0.15) is 0 Å². The number of carbonyl (C=O) groups is 1. The molecule has 0 saturated carbocycles. The second kappa shape index (κ2) is 3.17. The minimum Gasteiger partial charge on any atom is -0.464 e. The van der Waals surface area contributed by atoms with Crippen molar-refractivity contribution < 1.29 is 14.6 Å². The first kappa shape index (κ1) is 7.01. The number of nitrogens with zero attached hydrogens (tertiary/aromatic N) is 1. The molecule has 10 heavy (non-hydrogen) atoms. The van der Waals surface area contributed by atoms with Gasteiger partial charge in [0.25, 0.3) is 0 Å². The zero-order chi connectivity index (χ0) is 7.40. The van der Waals surface area contributed by atoms with Crippen molar-refractivity contribution in [3.63, 3.8) is 0 Å². The number of hydrazone groups is 1. The van der Waals surface area contributed by atoms with E-state index < -0.39 is 6.09 Å². The molecule has 5 heteroatoms. The summed E-state index contributed by atoms with van der Waals surface area (Å²) in [6, 6.07) is 0. The molecule has 1 saturated heterocycles. The van der Waals surface area contributed by atoms with E-state index in [0.29, 0.717) is 13.2 Å². The molecule has 0 aliphatic carbocycles. The van der Waals surface area contributed by atoms with Gasteiger partial charge in [0.15, 0.2) is 0 Å². The highest BCUT2D eigenvalue weighted by Gasteiger charge is 2.08. The molecule has 1 amide bonds. The Labute approximate surface area is 57.7 Å². The largest absolute Gasteiger partial charge is 0.464 e. The van der Waals surface area contributed by atoms with E-state index >= 15 is 0 Å². The SMILES string of the molecule is O=C(O)N/N=C1\CCOC1. The molecule has 5 nitrogen and oxygen atoms in total. The Morgan fingerprint density at radius 2 is 2.60 bits per heavy atom. The van der Waals surface area contributed by atoms with Gasteiger partial charge in [-0.25, -0.2) is 10.2 Å². The fourth-order valence-electron chi connectivity index (χ4n) is 0.667. The summed E-state index contributed by atoms with van der Waals surface area (Å²) in [7, 11) is 0. The molecule has 1 aliphatic rings. The molecule has 1 heterocycles. The zero-order valence-corrected chi connectivity index (χ0v) is 5.33. The number of hydrogen-bond acceptors (Lipinski definition) is 3. The molecule has 0 aromatic carbocycles. The smallest absolute Gasteiger partial charge is 0.425 e. The van der Waals surface area contributed by atoms with Crippen LogP contribution in [0.3, 0.4) is 0 Å². The Balaban J connectivity index is 2.31. The van der Waals surface area contributed by atoms with Crippen LogP contribution in [0.4, 0.5) is 4.79 Å². The van der Waals surface area contributed by atoms with Crippen molar-refractivity contribution in [1.29, 1.82) is 0 Å². The average Bonchev–Trinajstić information content (AvgIpc) is 2.34. The lowest BCUT2D eigenvalue weighted by Gasteiger charge is -1.91. The Morgan fingerprint density at radius 3 is 3.10 bits per heavy atom. The fourth-order valence-corrected chi connectivity index (χ4v) is 0.667. The molecule has 0 radical (unpaired) electrons. The first-order chi connectivity index (χ1) is 4.79. The van der Waals surface area contributed by atoms with Crippen LogP contribution in [0.5, 0.6) is 0 Å². The van der Waals surface area contributed by atoms with E-state index in [1.807, 2.05) is 5.43 Å². The van der Waals surface area contributed by atoms with E-state index in [2.05, 4.69) is 5.10 Å². The van der Waals surface area contributed by atoms with Crippen molar-refractivity contribution in [1.82, 2.24) is 5.43 Å². The Hall–Kier alpha value is -1.10. The van der Waals surface area contributed by atoms with Gasteiger partial charge in [-0.15, -0.1) is 0 Å². The number of hydrogen-bond donors (Lipinski definition) is 2. The topological polar surface area (TPSA) is 70.9 Å². The predicted octanol–water partition coefficient (Wildman–Crippen LogP) is 0.0303.